The minimum atomic E-state index is -0.172. The average molecular weight is 399 g/mol. The third-order valence-corrected chi connectivity index (χ3v) is 5.93. The predicted octanol–water partition coefficient (Wildman–Crippen LogP) is 3.59. The fourth-order valence-corrected chi connectivity index (χ4v) is 4.08. The molecular formula is C19H18N4O2S2. The summed E-state index contributed by atoms with van der Waals surface area (Å²) in [7, 11) is 0. The maximum Gasteiger partial charge on any atom is 0.267 e. The molecule has 6 nitrogen and oxygen atoms in total. The number of thiazole rings is 1. The highest BCUT2D eigenvalue weighted by molar-refractivity contribution is 7.14. The lowest BCUT2D eigenvalue weighted by Gasteiger charge is -2.22. The number of amides is 2. The van der Waals surface area contributed by atoms with Crippen molar-refractivity contribution in [1.29, 1.82) is 0 Å². The van der Waals surface area contributed by atoms with Gasteiger partial charge in [-0.15, -0.1) is 22.7 Å². The smallest absolute Gasteiger partial charge is 0.267 e. The Balaban J connectivity index is 1.38. The molecule has 0 radical (unpaired) electrons. The van der Waals surface area contributed by atoms with E-state index in [-0.39, 0.29) is 18.2 Å². The molecule has 1 aliphatic carbocycles. The van der Waals surface area contributed by atoms with Crippen LogP contribution in [0.3, 0.4) is 0 Å². The fourth-order valence-electron chi connectivity index (χ4n) is 2.76. The van der Waals surface area contributed by atoms with E-state index in [4.69, 9.17) is 0 Å². The van der Waals surface area contributed by atoms with Gasteiger partial charge in [-0.3, -0.25) is 19.9 Å². The van der Waals surface area contributed by atoms with Gasteiger partial charge in [-0.25, -0.2) is 4.98 Å². The Labute approximate surface area is 164 Å². The summed E-state index contributed by atoms with van der Waals surface area (Å²) in [5.41, 5.74) is 1.76. The van der Waals surface area contributed by atoms with Gasteiger partial charge in [0.25, 0.3) is 5.91 Å². The monoisotopic (exact) mass is 398 g/mol. The van der Waals surface area contributed by atoms with Crippen LogP contribution in [0.5, 0.6) is 0 Å². The summed E-state index contributed by atoms with van der Waals surface area (Å²) in [5.74, 6) is -0.106. The summed E-state index contributed by atoms with van der Waals surface area (Å²) in [6.07, 6.45) is 5.83. The summed E-state index contributed by atoms with van der Waals surface area (Å²) < 4.78 is 0. The third-order valence-electron chi connectivity index (χ3n) is 4.26. The van der Waals surface area contributed by atoms with Gasteiger partial charge in [0.1, 0.15) is 0 Å². The first-order valence-corrected chi connectivity index (χ1v) is 10.4. The molecule has 1 saturated carbocycles. The van der Waals surface area contributed by atoms with Crippen molar-refractivity contribution in [1.82, 2.24) is 14.9 Å². The molecule has 0 aromatic carbocycles. The van der Waals surface area contributed by atoms with Crippen LogP contribution in [0.2, 0.25) is 0 Å². The zero-order valence-electron chi connectivity index (χ0n) is 14.5. The van der Waals surface area contributed by atoms with Gasteiger partial charge >= 0.3 is 0 Å². The van der Waals surface area contributed by atoms with Gasteiger partial charge in [0.15, 0.2) is 5.13 Å². The van der Waals surface area contributed by atoms with Gasteiger partial charge in [-0.05, 0) is 42.0 Å². The van der Waals surface area contributed by atoms with Crippen LogP contribution in [-0.2, 0) is 17.8 Å². The van der Waals surface area contributed by atoms with Gasteiger partial charge < -0.3 is 4.90 Å². The largest absolute Gasteiger partial charge is 0.335 e. The van der Waals surface area contributed by atoms with E-state index in [1.54, 1.807) is 18.5 Å². The van der Waals surface area contributed by atoms with E-state index in [9.17, 15) is 9.59 Å². The van der Waals surface area contributed by atoms with Crippen LogP contribution in [0.15, 0.2) is 47.4 Å². The molecule has 1 fully saturated rings. The molecule has 8 heteroatoms. The molecular weight excluding hydrogens is 380 g/mol. The molecule has 0 saturated heterocycles. The Morgan fingerprint density at radius 2 is 2.00 bits per heavy atom. The SMILES string of the molecule is O=C(Nc1nc(CC(=O)N(Cc2ccncc2)C2CC2)cs1)c1cccs1. The number of carbonyl (C=O) groups excluding carboxylic acids is 2. The van der Waals surface area contributed by atoms with Crippen LogP contribution in [0.25, 0.3) is 0 Å². The fraction of sp³-hybridized carbons (Fsp3) is 0.263. The second kappa shape index (κ2) is 7.98. The highest BCUT2D eigenvalue weighted by atomic mass is 32.1. The minimum absolute atomic E-state index is 0.0655. The van der Waals surface area contributed by atoms with Crippen molar-refractivity contribution in [3.05, 3.63) is 63.6 Å². The van der Waals surface area contributed by atoms with Crippen molar-refractivity contribution < 1.29 is 9.59 Å². The van der Waals surface area contributed by atoms with E-state index in [1.165, 1.54) is 22.7 Å². The molecule has 138 valence electrons. The van der Waals surface area contributed by atoms with Crippen LogP contribution >= 0.6 is 22.7 Å². The number of hydrogen-bond donors (Lipinski definition) is 1. The van der Waals surface area contributed by atoms with Crippen LogP contribution in [0.1, 0.15) is 33.8 Å². The molecule has 3 aromatic heterocycles. The second-order valence-electron chi connectivity index (χ2n) is 6.36. The number of pyridine rings is 1. The van der Waals surface area contributed by atoms with Gasteiger partial charge in [0.2, 0.25) is 5.91 Å². The molecule has 2 amide bonds. The standard InChI is InChI=1S/C19H18N4O2S2/c24-17(23(15-3-4-15)11-13-5-7-20-8-6-13)10-14-12-27-19(21-14)22-18(25)16-2-1-9-26-16/h1-2,5-9,12,15H,3-4,10-11H2,(H,21,22,25). The molecule has 3 heterocycles. The Morgan fingerprint density at radius 1 is 1.19 bits per heavy atom. The molecule has 3 aromatic rings. The molecule has 1 N–H and O–H groups in total. The minimum Gasteiger partial charge on any atom is -0.335 e. The summed E-state index contributed by atoms with van der Waals surface area (Å²) >= 11 is 2.72. The molecule has 4 rings (SSSR count). The van der Waals surface area contributed by atoms with Crippen molar-refractivity contribution in [2.75, 3.05) is 5.32 Å². The molecule has 27 heavy (non-hydrogen) atoms. The number of nitrogens with zero attached hydrogens (tertiary/aromatic N) is 3. The summed E-state index contributed by atoms with van der Waals surface area (Å²) in [6, 6.07) is 7.79. The van der Waals surface area contributed by atoms with E-state index < -0.39 is 0 Å². The lowest BCUT2D eigenvalue weighted by molar-refractivity contribution is -0.131. The molecule has 0 aliphatic heterocycles. The number of rotatable bonds is 7. The summed E-state index contributed by atoms with van der Waals surface area (Å²) in [6.45, 7) is 0.595. The van der Waals surface area contributed by atoms with Crippen molar-refractivity contribution in [2.45, 2.75) is 31.8 Å². The number of thiophene rings is 1. The number of anilines is 1. The van der Waals surface area contributed by atoms with Gasteiger partial charge in [0.05, 0.1) is 17.0 Å². The highest BCUT2D eigenvalue weighted by Gasteiger charge is 2.32. The van der Waals surface area contributed by atoms with Gasteiger partial charge in [-0.2, -0.15) is 0 Å². The summed E-state index contributed by atoms with van der Waals surface area (Å²) in [4.78, 5) is 35.9. The second-order valence-corrected chi connectivity index (χ2v) is 8.17. The number of hydrogen-bond acceptors (Lipinski definition) is 6. The first-order chi connectivity index (χ1) is 13.2. The van der Waals surface area contributed by atoms with Crippen molar-refractivity contribution >= 4 is 39.6 Å². The molecule has 0 atom stereocenters. The average Bonchev–Trinajstić information content (AvgIpc) is 3.16. The highest BCUT2D eigenvalue weighted by Crippen LogP contribution is 2.29. The van der Waals surface area contributed by atoms with E-state index in [1.807, 2.05) is 33.9 Å². The maximum atomic E-state index is 12.8. The Kier molecular flexibility index (Phi) is 5.26. The van der Waals surface area contributed by atoms with Gasteiger partial charge in [0, 0.05) is 30.4 Å². The first-order valence-electron chi connectivity index (χ1n) is 8.66. The van der Waals surface area contributed by atoms with Crippen molar-refractivity contribution in [3.63, 3.8) is 0 Å². The quantitative estimate of drug-likeness (QED) is 0.660. The number of nitrogens with one attached hydrogen (secondary N) is 1. The normalized spacial score (nSPS) is 13.3. The lowest BCUT2D eigenvalue weighted by Crippen LogP contribution is -2.33. The maximum absolute atomic E-state index is 12.8. The van der Waals surface area contributed by atoms with Crippen molar-refractivity contribution in [3.8, 4) is 0 Å². The first kappa shape index (κ1) is 17.8. The van der Waals surface area contributed by atoms with Crippen LogP contribution in [-0.4, -0.2) is 32.7 Å². The van der Waals surface area contributed by atoms with E-state index >= 15 is 0 Å². The van der Waals surface area contributed by atoms with Crippen LogP contribution in [0.4, 0.5) is 5.13 Å². The topological polar surface area (TPSA) is 75.2 Å². The van der Waals surface area contributed by atoms with Gasteiger partial charge in [-0.1, -0.05) is 6.07 Å². The van der Waals surface area contributed by atoms with E-state index in [2.05, 4.69) is 15.3 Å². The number of aromatic nitrogens is 2. The van der Waals surface area contributed by atoms with Crippen LogP contribution in [0, 0.1) is 0 Å². The molecule has 0 bridgehead atoms. The van der Waals surface area contributed by atoms with E-state index in [0.717, 1.165) is 18.4 Å². The lowest BCUT2D eigenvalue weighted by atomic mass is 10.2. The Hall–Kier alpha value is -2.58. The Bertz CT molecular complexity index is 920. The molecule has 0 spiro atoms. The molecule has 0 unspecified atom stereocenters. The summed E-state index contributed by atoms with van der Waals surface area (Å²) in [5, 5.41) is 7.00. The predicted molar refractivity (Wildman–Crippen MR) is 106 cm³/mol. The third kappa shape index (κ3) is 4.58. The zero-order chi connectivity index (χ0) is 18.6. The molecule has 1 aliphatic rings. The van der Waals surface area contributed by atoms with Crippen molar-refractivity contribution in [2.24, 2.45) is 0 Å². The van der Waals surface area contributed by atoms with E-state index in [0.29, 0.717) is 28.3 Å². The number of carbonyl (C=O) groups is 2. The Morgan fingerprint density at radius 3 is 2.70 bits per heavy atom. The van der Waals surface area contributed by atoms with Crippen LogP contribution < -0.4 is 5.32 Å². The zero-order valence-corrected chi connectivity index (χ0v) is 16.1.